The van der Waals surface area contributed by atoms with Gasteiger partial charge in [0.2, 0.25) is 0 Å². The zero-order valence-corrected chi connectivity index (χ0v) is 10.3. The van der Waals surface area contributed by atoms with Gasteiger partial charge in [-0.05, 0) is 47.9 Å². The summed E-state index contributed by atoms with van der Waals surface area (Å²) in [4.78, 5) is 0. The number of rotatable bonds is 3. The molecule has 1 atom stereocenters. The molecule has 0 aliphatic heterocycles. The average molecular weight is 268 g/mol. The largest absolute Gasteiger partial charge is 0.324 e. The van der Waals surface area contributed by atoms with Crippen molar-refractivity contribution in [2.45, 2.75) is 12.5 Å². The number of hydrogen-bond donors (Lipinski definition) is 1. The Morgan fingerprint density at radius 3 is 2.39 bits per heavy atom. The molecule has 0 fully saturated rings. The fourth-order valence-electron chi connectivity index (χ4n) is 1.76. The van der Waals surface area contributed by atoms with E-state index in [0.717, 1.165) is 5.56 Å². The van der Waals surface area contributed by atoms with Crippen LogP contribution in [-0.2, 0) is 6.42 Å². The van der Waals surface area contributed by atoms with E-state index in [1.165, 1.54) is 24.3 Å². The molecule has 4 heteroatoms. The van der Waals surface area contributed by atoms with Crippen LogP contribution in [0.1, 0.15) is 17.2 Å². The number of benzene rings is 2. The van der Waals surface area contributed by atoms with Crippen molar-refractivity contribution in [2.75, 3.05) is 0 Å². The van der Waals surface area contributed by atoms with Crippen LogP contribution >= 0.6 is 11.6 Å². The Kier molecular flexibility index (Phi) is 3.94. The summed E-state index contributed by atoms with van der Waals surface area (Å²) >= 11 is 5.81. The smallest absolute Gasteiger partial charge is 0.126 e. The van der Waals surface area contributed by atoms with Crippen molar-refractivity contribution in [2.24, 2.45) is 5.73 Å². The SMILES string of the molecule is NC(Cc1cc(Cl)ccc1F)c1ccc(F)cc1. The van der Waals surface area contributed by atoms with Crippen molar-refractivity contribution in [1.29, 1.82) is 0 Å². The van der Waals surface area contributed by atoms with E-state index in [1.807, 2.05) is 0 Å². The van der Waals surface area contributed by atoms with Crippen LogP contribution < -0.4 is 5.73 Å². The normalized spacial score (nSPS) is 12.4. The highest BCUT2D eigenvalue weighted by atomic mass is 35.5. The quantitative estimate of drug-likeness (QED) is 0.898. The lowest BCUT2D eigenvalue weighted by atomic mass is 9.99. The maximum atomic E-state index is 13.5. The highest BCUT2D eigenvalue weighted by molar-refractivity contribution is 6.30. The van der Waals surface area contributed by atoms with Gasteiger partial charge in [0.25, 0.3) is 0 Å². The van der Waals surface area contributed by atoms with Crippen LogP contribution in [0.2, 0.25) is 5.02 Å². The lowest BCUT2D eigenvalue weighted by Gasteiger charge is -2.13. The van der Waals surface area contributed by atoms with Gasteiger partial charge in [-0.2, -0.15) is 0 Å². The highest BCUT2D eigenvalue weighted by Gasteiger charge is 2.11. The van der Waals surface area contributed by atoms with Crippen LogP contribution in [0.25, 0.3) is 0 Å². The number of halogens is 3. The van der Waals surface area contributed by atoms with Crippen molar-refractivity contribution < 1.29 is 8.78 Å². The van der Waals surface area contributed by atoms with Crippen LogP contribution in [0, 0.1) is 11.6 Å². The van der Waals surface area contributed by atoms with Gasteiger partial charge in [-0.15, -0.1) is 0 Å². The molecule has 2 aromatic rings. The third kappa shape index (κ3) is 3.06. The summed E-state index contributed by atoms with van der Waals surface area (Å²) in [6, 6.07) is 9.84. The van der Waals surface area contributed by atoms with Crippen LogP contribution in [0.5, 0.6) is 0 Å². The Hall–Kier alpha value is -1.45. The van der Waals surface area contributed by atoms with Crippen LogP contribution in [0.3, 0.4) is 0 Å². The molecular formula is C14H12ClF2N. The fourth-order valence-corrected chi connectivity index (χ4v) is 1.96. The Morgan fingerprint density at radius 2 is 1.72 bits per heavy atom. The first kappa shape index (κ1) is 13.0. The van der Waals surface area contributed by atoms with E-state index < -0.39 is 6.04 Å². The molecule has 0 amide bonds. The van der Waals surface area contributed by atoms with E-state index in [0.29, 0.717) is 17.0 Å². The van der Waals surface area contributed by atoms with Crippen molar-refractivity contribution in [3.63, 3.8) is 0 Å². The second-order valence-electron chi connectivity index (χ2n) is 4.10. The van der Waals surface area contributed by atoms with E-state index in [1.54, 1.807) is 18.2 Å². The highest BCUT2D eigenvalue weighted by Crippen LogP contribution is 2.21. The molecule has 2 N–H and O–H groups in total. The van der Waals surface area contributed by atoms with Crippen LogP contribution in [0.4, 0.5) is 8.78 Å². The predicted molar refractivity (Wildman–Crippen MR) is 68.4 cm³/mol. The van der Waals surface area contributed by atoms with Crippen LogP contribution in [-0.4, -0.2) is 0 Å². The molecule has 18 heavy (non-hydrogen) atoms. The molecule has 1 nitrogen and oxygen atoms in total. The topological polar surface area (TPSA) is 26.0 Å². The molecule has 2 rings (SSSR count). The Bertz CT molecular complexity index is 540. The molecule has 0 bridgehead atoms. The third-order valence-electron chi connectivity index (χ3n) is 2.75. The maximum Gasteiger partial charge on any atom is 0.126 e. The molecule has 94 valence electrons. The van der Waals surface area contributed by atoms with E-state index in [9.17, 15) is 8.78 Å². The number of nitrogens with two attached hydrogens (primary N) is 1. The van der Waals surface area contributed by atoms with Gasteiger partial charge in [0.05, 0.1) is 0 Å². The average Bonchev–Trinajstić information content (AvgIpc) is 2.34. The minimum atomic E-state index is -0.390. The van der Waals surface area contributed by atoms with E-state index in [-0.39, 0.29) is 11.6 Å². The lowest BCUT2D eigenvalue weighted by Crippen LogP contribution is -2.14. The molecule has 0 aliphatic rings. The van der Waals surface area contributed by atoms with E-state index >= 15 is 0 Å². The fraction of sp³-hybridized carbons (Fsp3) is 0.143. The molecular weight excluding hydrogens is 256 g/mol. The summed E-state index contributed by atoms with van der Waals surface area (Å²) in [6.07, 6.45) is 0.317. The van der Waals surface area contributed by atoms with Crippen molar-refractivity contribution >= 4 is 11.6 Å². The van der Waals surface area contributed by atoms with Gasteiger partial charge in [0, 0.05) is 11.1 Å². The molecule has 0 saturated heterocycles. The minimum Gasteiger partial charge on any atom is -0.324 e. The van der Waals surface area contributed by atoms with Gasteiger partial charge >= 0.3 is 0 Å². The monoisotopic (exact) mass is 267 g/mol. The lowest BCUT2D eigenvalue weighted by molar-refractivity contribution is 0.592. The molecule has 0 heterocycles. The number of hydrogen-bond acceptors (Lipinski definition) is 1. The van der Waals surface area contributed by atoms with Crippen molar-refractivity contribution in [1.82, 2.24) is 0 Å². The Labute approximate surface area is 109 Å². The standard InChI is InChI=1S/C14H12ClF2N/c15-11-3-6-13(17)10(7-11)8-14(18)9-1-4-12(16)5-2-9/h1-7,14H,8,18H2. The van der Waals surface area contributed by atoms with Gasteiger partial charge in [-0.25, -0.2) is 8.78 Å². The Balaban J connectivity index is 2.18. The zero-order chi connectivity index (χ0) is 13.1. The molecule has 1 unspecified atom stereocenters. The summed E-state index contributed by atoms with van der Waals surface area (Å²) in [5, 5.41) is 0.470. The summed E-state index contributed by atoms with van der Waals surface area (Å²) in [5.74, 6) is -0.656. The summed E-state index contributed by atoms with van der Waals surface area (Å²) in [5.41, 5.74) is 7.18. The predicted octanol–water partition coefficient (Wildman–Crippen LogP) is 3.86. The van der Waals surface area contributed by atoms with Gasteiger partial charge in [-0.3, -0.25) is 0 Å². The molecule has 0 radical (unpaired) electrons. The van der Waals surface area contributed by atoms with Crippen molar-refractivity contribution in [3.8, 4) is 0 Å². The molecule has 0 aliphatic carbocycles. The summed E-state index contributed by atoms with van der Waals surface area (Å²) < 4.78 is 26.3. The molecule has 0 spiro atoms. The Morgan fingerprint density at radius 1 is 1.06 bits per heavy atom. The van der Waals surface area contributed by atoms with Crippen LogP contribution in [0.15, 0.2) is 42.5 Å². The minimum absolute atomic E-state index is 0.317. The van der Waals surface area contributed by atoms with Crippen molar-refractivity contribution in [3.05, 3.63) is 70.2 Å². The maximum absolute atomic E-state index is 13.5. The first-order valence-electron chi connectivity index (χ1n) is 5.51. The second-order valence-corrected chi connectivity index (χ2v) is 4.53. The third-order valence-corrected chi connectivity index (χ3v) is 2.98. The van der Waals surface area contributed by atoms with Gasteiger partial charge in [0.1, 0.15) is 11.6 Å². The van der Waals surface area contributed by atoms with Gasteiger partial charge < -0.3 is 5.73 Å². The van der Waals surface area contributed by atoms with E-state index in [4.69, 9.17) is 17.3 Å². The molecule has 2 aromatic carbocycles. The van der Waals surface area contributed by atoms with Gasteiger partial charge in [0.15, 0.2) is 0 Å². The first-order chi connectivity index (χ1) is 8.56. The first-order valence-corrected chi connectivity index (χ1v) is 5.89. The molecule has 0 aromatic heterocycles. The second kappa shape index (κ2) is 5.46. The summed E-state index contributed by atoms with van der Waals surface area (Å²) in [6.45, 7) is 0. The summed E-state index contributed by atoms with van der Waals surface area (Å²) in [7, 11) is 0. The van der Waals surface area contributed by atoms with E-state index in [2.05, 4.69) is 0 Å². The zero-order valence-electron chi connectivity index (χ0n) is 9.54. The van der Waals surface area contributed by atoms with Gasteiger partial charge in [-0.1, -0.05) is 23.7 Å². The molecule has 0 saturated carbocycles.